The normalized spacial score (nSPS) is 10.2. The maximum Gasteiger partial charge on any atom is 0.340 e. The Bertz CT molecular complexity index is 442. The fourth-order valence-corrected chi connectivity index (χ4v) is 1.22. The second-order valence-corrected chi connectivity index (χ2v) is 4.26. The molecule has 1 rings (SSSR count). The SMILES string of the molecule is COc1ccc(C(=O)OCC(=O)N(C)C(C)C)cn1. The van der Waals surface area contributed by atoms with Crippen LogP contribution in [0.1, 0.15) is 24.2 Å². The highest BCUT2D eigenvalue weighted by atomic mass is 16.5. The van der Waals surface area contributed by atoms with Crippen LogP contribution in [0.3, 0.4) is 0 Å². The van der Waals surface area contributed by atoms with Crippen molar-refractivity contribution in [1.82, 2.24) is 9.88 Å². The zero-order valence-corrected chi connectivity index (χ0v) is 11.5. The van der Waals surface area contributed by atoms with E-state index in [1.165, 1.54) is 24.3 Å². The average molecular weight is 266 g/mol. The Hall–Kier alpha value is -2.11. The summed E-state index contributed by atoms with van der Waals surface area (Å²) in [6.07, 6.45) is 1.35. The lowest BCUT2D eigenvalue weighted by atomic mass is 10.3. The van der Waals surface area contributed by atoms with Crippen molar-refractivity contribution in [3.05, 3.63) is 23.9 Å². The van der Waals surface area contributed by atoms with E-state index in [0.717, 1.165) is 0 Å². The molecule has 0 unspecified atom stereocenters. The van der Waals surface area contributed by atoms with Gasteiger partial charge in [0, 0.05) is 25.4 Å². The summed E-state index contributed by atoms with van der Waals surface area (Å²) < 4.78 is 9.80. The highest BCUT2D eigenvalue weighted by Gasteiger charge is 2.15. The van der Waals surface area contributed by atoms with Crippen LogP contribution in [0.5, 0.6) is 5.88 Å². The van der Waals surface area contributed by atoms with E-state index < -0.39 is 5.97 Å². The molecule has 0 fully saturated rings. The number of aromatic nitrogens is 1. The number of amides is 1. The number of carbonyl (C=O) groups is 2. The van der Waals surface area contributed by atoms with E-state index in [9.17, 15) is 9.59 Å². The lowest BCUT2D eigenvalue weighted by molar-refractivity contribution is -0.134. The second kappa shape index (κ2) is 6.72. The fourth-order valence-electron chi connectivity index (χ4n) is 1.22. The van der Waals surface area contributed by atoms with Gasteiger partial charge >= 0.3 is 5.97 Å². The van der Waals surface area contributed by atoms with Crippen molar-refractivity contribution in [2.75, 3.05) is 20.8 Å². The fraction of sp³-hybridized carbons (Fsp3) is 0.462. The Balaban J connectivity index is 2.53. The minimum Gasteiger partial charge on any atom is -0.481 e. The minimum atomic E-state index is -0.583. The van der Waals surface area contributed by atoms with Gasteiger partial charge in [-0.05, 0) is 19.9 Å². The van der Waals surface area contributed by atoms with E-state index >= 15 is 0 Å². The van der Waals surface area contributed by atoms with Crippen LogP contribution in [0.2, 0.25) is 0 Å². The van der Waals surface area contributed by atoms with Crippen molar-refractivity contribution in [3.63, 3.8) is 0 Å². The Kier molecular flexibility index (Phi) is 5.29. The van der Waals surface area contributed by atoms with Gasteiger partial charge in [0.05, 0.1) is 12.7 Å². The van der Waals surface area contributed by atoms with E-state index in [1.54, 1.807) is 13.1 Å². The van der Waals surface area contributed by atoms with E-state index in [4.69, 9.17) is 9.47 Å². The molecule has 104 valence electrons. The van der Waals surface area contributed by atoms with Crippen molar-refractivity contribution in [2.45, 2.75) is 19.9 Å². The quantitative estimate of drug-likeness (QED) is 0.747. The Morgan fingerprint density at radius 3 is 2.53 bits per heavy atom. The number of hydrogen-bond donors (Lipinski definition) is 0. The standard InChI is InChI=1S/C13H18N2O4/c1-9(2)15(3)12(16)8-19-13(17)10-5-6-11(18-4)14-7-10/h5-7,9H,8H2,1-4H3. The molecule has 0 radical (unpaired) electrons. The number of carbonyl (C=O) groups excluding carboxylic acids is 2. The molecule has 6 heteroatoms. The van der Waals surface area contributed by atoms with Crippen LogP contribution in [-0.2, 0) is 9.53 Å². The molecule has 1 amide bonds. The number of esters is 1. The smallest absolute Gasteiger partial charge is 0.340 e. The molecular formula is C13H18N2O4. The highest BCUT2D eigenvalue weighted by Crippen LogP contribution is 2.08. The third-order valence-corrected chi connectivity index (χ3v) is 2.68. The number of pyridine rings is 1. The lowest BCUT2D eigenvalue weighted by Crippen LogP contribution is -2.36. The molecule has 0 saturated carbocycles. The molecule has 1 heterocycles. The maximum absolute atomic E-state index is 11.7. The monoisotopic (exact) mass is 266 g/mol. The van der Waals surface area contributed by atoms with Gasteiger partial charge in [0.25, 0.3) is 5.91 Å². The molecule has 0 atom stereocenters. The first-order chi connectivity index (χ1) is 8.95. The van der Waals surface area contributed by atoms with Gasteiger partial charge < -0.3 is 14.4 Å². The van der Waals surface area contributed by atoms with Gasteiger partial charge in [0.1, 0.15) is 0 Å². The molecule has 0 aromatic carbocycles. The summed E-state index contributed by atoms with van der Waals surface area (Å²) in [5, 5.41) is 0. The molecule has 1 aromatic rings. The number of hydrogen-bond acceptors (Lipinski definition) is 5. The zero-order valence-electron chi connectivity index (χ0n) is 11.5. The van der Waals surface area contributed by atoms with Crippen LogP contribution >= 0.6 is 0 Å². The van der Waals surface area contributed by atoms with E-state index in [2.05, 4.69) is 4.98 Å². The van der Waals surface area contributed by atoms with E-state index in [-0.39, 0.29) is 24.1 Å². The Morgan fingerprint density at radius 2 is 2.05 bits per heavy atom. The van der Waals surface area contributed by atoms with Gasteiger partial charge in [-0.3, -0.25) is 4.79 Å². The van der Waals surface area contributed by atoms with Crippen LogP contribution in [0, 0.1) is 0 Å². The van der Waals surface area contributed by atoms with Crippen LogP contribution in [0.25, 0.3) is 0 Å². The summed E-state index contributed by atoms with van der Waals surface area (Å²) in [6, 6.07) is 3.15. The van der Waals surface area contributed by atoms with Crippen molar-refractivity contribution >= 4 is 11.9 Å². The molecule has 19 heavy (non-hydrogen) atoms. The average Bonchev–Trinajstić information content (AvgIpc) is 2.43. The van der Waals surface area contributed by atoms with Crippen molar-refractivity contribution < 1.29 is 19.1 Å². The van der Waals surface area contributed by atoms with Gasteiger partial charge in [-0.15, -0.1) is 0 Å². The summed E-state index contributed by atoms with van der Waals surface area (Å²) in [5.74, 6) is -0.419. The molecular weight excluding hydrogens is 248 g/mol. The van der Waals surface area contributed by atoms with Crippen LogP contribution in [0.4, 0.5) is 0 Å². The number of nitrogens with zero attached hydrogens (tertiary/aromatic N) is 2. The largest absolute Gasteiger partial charge is 0.481 e. The predicted octanol–water partition coefficient (Wildman–Crippen LogP) is 1.11. The van der Waals surface area contributed by atoms with Crippen molar-refractivity contribution in [3.8, 4) is 5.88 Å². The topological polar surface area (TPSA) is 68.7 Å². The molecule has 1 aromatic heterocycles. The molecule has 0 aliphatic rings. The number of ether oxygens (including phenoxy) is 2. The molecule has 0 aliphatic heterocycles. The number of likely N-dealkylation sites (N-methyl/N-ethyl adjacent to an activating group) is 1. The first-order valence-electron chi connectivity index (χ1n) is 5.88. The molecule has 0 spiro atoms. The molecule has 6 nitrogen and oxygen atoms in total. The Labute approximate surface area is 112 Å². The van der Waals surface area contributed by atoms with Crippen molar-refractivity contribution in [2.24, 2.45) is 0 Å². The first kappa shape index (κ1) is 14.9. The van der Waals surface area contributed by atoms with Gasteiger partial charge in [0.15, 0.2) is 6.61 Å². The predicted molar refractivity (Wildman–Crippen MR) is 69.0 cm³/mol. The van der Waals surface area contributed by atoms with Crippen LogP contribution in [0.15, 0.2) is 18.3 Å². The van der Waals surface area contributed by atoms with Gasteiger partial charge in [-0.2, -0.15) is 0 Å². The first-order valence-corrected chi connectivity index (χ1v) is 5.88. The summed E-state index contributed by atoms with van der Waals surface area (Å²) in [5.41, 5.74) is 0.279. The maximum atomic E-state index is 11.7. The van der Waals surface area contributed by atoms with Gasteiger partial charge in [0.2, 0.25) is 5.88 Å². The molecule has 0 N–H and O–H groups in total. The molecule has 0 aliphatic carbocycles. The van der Waals surface area contributed by atoms with Crippen LogP contribution in [-0.4, -0.2) is 48.6 Å². The zero-order chi connectivity index (χ0) is 14.4. The Morgan fingerprint density at radius 1 is 1.37 bits per heavy atom. The summed E-state index contributed by atoms with van der Waals surface area (Å²) >= 11 is 0. The number of methoxy groups -OCH3 is 1. The lowest BCUT2D eigenvalue weighted by Gasteiger charge is -2.21. The third kappa shape index (κ3) is 4.24. The van der Waals surface area contributed by atoms with Gasteiger partial charge in [-0.1, -0.05) is 0 Å². The summed E-state index contributed by atoms with van der Waals surface area (Å²) in [7, 11) is 3.15. The minimum absolute atomic E-state index is 0.0638. The highest BCUT2D eigenvalue weighted by molar-refractivity contribution is 5.91. The van der Waals surface area contributed by atoms with E-state index in [0.29, 0.717) is 5.88 Å². The summed E-state index contributed by atoms with van der Waals surface area (Å²) in [4.78, 5) is 28.7. The number of rotatable bonds is 5. The van der Waals surface area contributed by atoms with Crippen LogP contribution < -0.4 is 4.74 Å². The third-order valence-electron chi connectivity index (χ3n) is 2.68. The van der Waals surface area contributed by atoms with E-state index in [1.807, 2.05) is 13.8 Å². The summed E-state index contributed by atoms with van der Waals surface area (Å²) in [6.45, 7) is 3.49. The second-order valence-electron chi connectivity index (χ2n) is 4.26. The van der Waals surface area contributed by atoms with Gasteiger partial charge in [-0.25, -0.2) is 9.78 Å². The molecule has 0 bridgehead atoms. The van der Waals surface area contributed by atoms with Crippen molar-refractivity contribution in [1.29, 1.82) is 0 Å². The molecule has 0 saturated heterocycles.